The second-order valence-electron chi connectivity index (χ2n) is 19.4. The van der Waals surface area contributed by atoms with Crippen molar-refractivity contribution in [2.75, 3.05) is 4.90 Å². The molecular weight excluding hydrogens is 940 g/mol. The molecule has 0 saturated carbocycles. The molecular formula is C51H9B26NS. The Bertz CT molecular complexity index is 4420. The first-order valence-electron chi connectivity index (χ1n) is 23.5. The van der Waals surface area contributed by atoms with E-state index >= 15 is 0 Å². The summed E-state index contributed by atoms with van der Waals surface area (Å²) in [6, 6.07) is 9.57. The van der Waals surface area contributed by atoms with Gasteiger partial charge in [-0.05, 0) is 85.4 Å². The third-order valence-corrected chi connectivity index (χ3v) is 16.3. The molecule has 0 atom stereocenters. The van der Waals surface area contributed by atoms with Crippen LogP contribution in [0.4, 0.5) is 17.1 Å². The average molecular weight is 949 g/mol. The van der Waals surface area contributed by atoms with E-state index in [0.29, 0.717) is 42.1 Å². The second kappa shape index (κ2) is 20.3. The largest absolute Gasteiger partial charge is 0.311 e. The Balaban J connectivity index is 1.42. The highest BCUT2D eigenvalue weighted by molar-refractivity contribution is 7.28. The van der Waals surface area contributed by atoms with Gasteiger partial charge in [-0.1, -0.05) is 94.8 Å². The number of fused-ring (bicyclic) bond motifs is 5. The van der Waals surface area contributed by atoms with E-state index in [-0.39, 0.29) is 198 Å². The zero-order chi connectivity index (χ0) is 57.9. The molecule has 0 aliphatic heterocycles. The third-order valence-electron chi connectivity index (χ3n) is 15.1. The monoisotopic (exact) mass is 953 g/mol. The molecule has 0 saturated heterocycles. The number of hydrogen-bond acceptors (Lipinski definition) is 2. The molecule has 1 nitrogen and oxygen atoms in total. The highest BCUT2D eigenvalue weighted by atomic mass is 32.1. The molecule has 10 rings (SSSR count). The van der Waals surface area contributed by atoms with Gasteiger partial charge in [0.1, 0.15) is 204 Å². The van der Waals surface area contributed by atoms with Crippen molar-refractivity contribution < 1.29 is 0 Å². The number of rotatable bonds is 6. The standard InChI is InChI=1S/C51H9B26NS/c1-8-20(35(64)43(72)41(70)27(8)56)25-34(63)26-24-15(52)7-19(33(62)50(24)79-51(26)48(77)40(25)69)78(9-2-11(10-4-16(53)30(59)28(57)12(10)3-9)23-38(67)44(73)46(75)45(74)39(23)68)49-14-6-18(55)31(60)36(65)22(14)21(37(66)47(49)76)13-5-17(54)32(61)42(71)29(13)58/h2-7H,1H3. The predicted octanol–water partition coefficient (Wildman–Crippen LogP) is -16.2. The Morgan fingerprint density at radius 3 is 1.35 bits per heavy atom. The first kappa shape index (κ1) is 57.4. The molecule has 0 fully saturated rings. The van der Waals surface area contributed by atoms with Gasteiger partial charge in [-0.25, -0.2) is 0 Å². The fourth-order valence-corrected chi connectivity index (χ4v) is 11.9. The molecule has 0 unspecified atom stereocenters. The van der Waals surface area contributed by atoms with Crippen LogP contribution in [-0.2, 0) is 0 Å². The molecule has 1 heterocycles. The molecule has 9 aromatic carbocycles. The van der Waals surface area contributed by atoms with Crippen LogP contribution < -0.4 is 147 Å². The summed E-state index contributed by atoms with van der Waals surface area (Å²) in [7, 11) is 176. The zero-order valence-corrected chi connectivity index (χ0v) is 43.1. The van der Waals surface area contributed by atoms with Crippen LogP contribution in [0, 0.1) is 6.92 Å². The summed E-state index contributed by atoms with van der Waals surface area (Å²) in [5.74, 6) is 0. The van der Waals surface area contributed by atoms with Crippen LogP contribution in [0.15, 0.2) is 36.4 Å². The lowest BCUT2D eigenvalue weighted by molar-refractivity contribution is 1.34. The lowest BCUT2D eigenvalue weighted by atomic mass is 9.59. The average Bonchev–Trinajstić information content (AvgIpc) is 4.09. The zero-order valence-electron chi connectivity index (χ0n) is 42.3. The van der Waals surface area contributed by atoms with E-state index in [4.69, 9.17) is 204 Å². The highest BCUT2D eigenvalue weighted by Crippen LogP contribution is 2.43. The lowest BCUT2D eigenvalue weighted by Gasteiger charge is -2.35. The number of hydrogen-bond donors (Lipinski definition) is 0. The summed E-state index contributed by atoms with van der Waals surface area (Å²) in [6.07, 6.45) is 0. The molecule has 0 spiro atoms. The summed E-state index contributed by atoms with van der Waals surface area (Å²) >= 11 is 1.14. The maximum Gasteiger partial charge on any atom is 0.118 e. The van der Waals surface area contributed by atoms with E-state index in [1.807, 2.05) is 0 Å². The van der Waals surface area contributed by atoms with E-state index in [0.717, 1.165) is 11.3 Å². The first-order valence-corrected chi connectivity index (χ1v) is 24.4. The molecule has 0 amide bonds. The predicted molar refractivity (Wildman–Crippen MR) is 370 cm³/mol. The van der Waals surface area contributed by atoms with Gasteiger partial charge in [-0.2, -0.15) is 0 Å². The van der Waals surface area contributed by atoms with Crippen LogP contribution in [-0.4, -0.2) is 204 Å². The minimum Gasteiger partial charge on any atom is -0.311 e. The molecule has 0 N–H and O–H groups in total. The minimum atomic E-state index is -0.110. The Morgan fingerprint density at radius 2 is 0.747 bits per heavy atom. The van der Waals surface area contributed by atoms with Crippen molar-refractivity contribution in [2.45, 2.75) is 6.92 Å². The summed E-state index contributed by atoms with van der Waals surface area (Å²) in [5.41, 5.74) is 2.85. The summed E-state index contributed by atoms with van der Waals surface area (Å²) < 4.78 is 0.781. The van der Waals surface area contributed by atoms with Gasteiger partial charge < -0.3 is 4.90 Å². The van der Waals surface area contributed by atoms with Crippen LogP contribution in [0.2, 0.25) is 0 Å². The Morgan fingerprint density at radius 1 is 0.278 bits per heavy atom. The van der Waals surface area contributed by atoms with Gasteiger partial charge in [-0.15, -0.1) is 82.4 Å². The number of nitrogens with zero attached hydrogens (tertiary/aromatic N) is 1. The van der Waals surface area contributed by atoms with Crippen molar-refractivity contribution in [1.29, 1.82) is 0 Å². The van der Waals surface area contributed by atoms with Crippen molar-refractivity contribution in [1.82, 2.24) is 0 Å². The van der Waals surface area contributed by atoms with Gasteiger partial charge in [0.05, 0.1) is 0 Å². The molecule has 0 aliphatic rings. The van der Waals surface area contributed by atoms with Crippen LogP contribution in [0.3, 0.4) is 0 Å². The molecule has 79 heavy (non-hydrogen) atoms. The molecule has 0 bridgehead atoms. The van der Waals surface area contributed by atoms with E-state index in [1.54, 1.807) is 42.2 Å². The van der Waals surface area contributed by atoms with Gasteiger partial charge in [0.2, 0.25) is 0 Å². The van der Waals surface area contributed by atoms with Crippen LogP contribution in [0.25, 0.3) is 75.1 Å². The quantitative estimate of drug-likeness (QED) is 0.150. The Labute approximate surface area is 499 Å². The number of thiophene rings is 1. The first-order chi connectivity index (χ1) is 37.0. The van der Waals surface area contributed by atoms with Crippen molar-refractivity contribution in [3.05, 3.63) is 42.0 Å². The van der Waals surface area contributed by atoms with Crippen molar-refractivity contribution in [3.63, 3.8) is 0 Å². The van der Waals surface area contributed by atoms with Gasteiger partial charge in [0, 0.05) is 31.8 Å². The van der Waals surface area contributed by atoms with E-state index in [9.17, 15) is 0 Å². The Kier molecular flexibility index (Phi) is 14.7. The van der Waals surface area contributed by atoms with Crippen molar-refractivity contribution in [2.24, 2.45) is 0 Å². The molecule has 0 aliphatic carbocycles. The van der Waals surface area contributed by atoms with Crippen LogP contribution >= 0.6 is 11.3 Å². The Hall–Kier alpha value is -4.79. The molecule has 1 aromatic heterocycles. The van der Waals surface area contributed by atoms with Crippen molar-refractivity contribution >= 4 is 416 Å². The molecule has 302 valence electrons. The molecule has 10 aromatic rings. The van der Waals surface area contributed by atoms with E-state index in [2.05, 4.69) is 0 Å². The number of anilines is 3. The molecule has 28 heteroatoms. The number of benzene rings is 9. The van der Waals surface area contributed by atoms with Crippen LogP contribution in [0.1, 0.15) is 5.56 Å². The SMILES string of the molecule is [B]c1cc(-c2c([B])c([B])c(N(c3cc(-c4c([B])c([B])c([B])c([B])c4[B])c4cc([B])c([B])c([B])c4c3)c3cc([B])c4c(sc5c([B])c([B])c(-c6c([B])c([B])c([B])c([B])c6C)c([B])c54)c3[B])c3cc([B])c([B])c([B])c23)c([B])c([B])c1[B]. The fourth-order valence-electron chi connectivity index (χ4n) is 10.7. The summed E-state index contributed by atoms with van der Waals surface area (Å²) in [5, 5.41) is 1.87. The molecule has 52 radical (unpaired) electrons. The second-order valence-corrected chi connectivity index (χ2v) is 20.4. The lowest BCUT2D eigenvalue weighted by Crippen LogP contribution is -2.55. The van der Waals surface area contributed by atoms with Crippen LogP contribution in [0.5, 0.6) is 0 Å². The summed E-state index contributed by atoms with van der Waals surface area (Å²) in [4.78, 5) is 1.64. The maximum atomic E-state index is 7.55. The smallest absolute Gasteiger partial charge is 0.118 e. The van der Waals surface area contributed by atoms with Gasteiger partial charge in [0.15, 0.2) is 0 Å². The third kappa shape index (κ3) is 8.32. The van der Waals surface area contributed by atoms with Gasteiger partial charge in [0.25, 0.3) is 0 Å². The van der Waals surface area contributed by atoms with Gasteiger partial charge >= 0.3 is 0 Å². The topological polar surface area (TPSA) is 3.24 Å². The van der Waals surface area contributed by atoms with Crippen molar-refractivity contribution in [3.8, 4) is 33.4 Å². The summed E-state index contributed by atoms with van der Waals surface area (Å²) in [6.45, 7) is 1.70. The highest BCUT2D eigenvalue weighted by Gasteiger charge is 2.30. The minimum absolute atomic E-state index is 0.00187. The van der Waals surface area contributed by atoms with E-state index < -0.39 is 0 Å². The normalized spacial score (nSPS) is 11.7. The van der Waals surface area contributed by atoms with Gasteiger partial charge in [-0.3, -0.25) is 0 Å². The maximum absolute atomic E-state index is 7.55. The fraction of sp³-hybridized carbons (Fsp3) is 0.0196. The van der Waals surface area contributed by atoms with E-state index in [1.165, 1.54) is 6.07 Å².